The highest BCUT2D eigenvalue weighted by Crippen LogP contribution is 2.37. The van der Waals surface area contributed by atoms with E-state index >= 15 is 0 Å². The molecule has 0 spiro atoms. The second kappa shape index (κ2) is 7.57. The van der Waals surface area contributed by atoms with Crippen LogP contribution in [0.5, 0.6) is 0 Å². The fourth-order valence-electron chi connectivity index (χ4n) is 3.72. The molecule has 2 aromatic heterocycles. The molecule has 1 unspecified atom stereocenters. The maximum atomic E-state index is 14.8. The summed E-state index contributed by atoms with van der Waals surface area (Å²) in [4.78, 5) is 17.3. The van der Waals surface area contributed by atoms with Crippen LogP contribution in [0.2, 0.25) is 0 Å². The zero-order valence-corrected chi connectivity index (χ0v) is 16.3. The summed E-state index contributed by atoms with van der Waals surface area (Å²) in [6.45, 7) is 1.63. The van der Waals surface area contributed by atoms with Gasteiger partial charge in [0.2, 0.25) is 0 Å². The van der Waals surface area contributed by atoms with Crippen LogP contribution in [0.3, 0.4) is 0 Å². The lowest BCUT2D eigenvalue weighted by molar-refractivity contribution is -0.137. The van der Waals surface area contributed by atoms with Crippen molar-refractivity contribution in [3.8, 4) is 0 Å². The molecule has 1 saturated heterocycles. The number of aryl methyl sites for hydroxylation is 1. The van der Waals surface area contributed by atoms with Crippen LogP contribution < -0.4 is 5.32 Å². The summed E-state index contributed by atoms with van der Waals surface area (Å²) in [5.41, 5.74) is -1.99. The van der Waals surface area contributed by atoms with E-state index in [1.165, 1.54) is 10.7 Å². The number of hydrogen-bond acceptors (Lipinski definition) is 5. The van der Waals surface area contributed by atoms with E-state index in [1.807, 2.05) is 0 Å². The van der Waals surface area contributed by atoms with E-state index < -0.39 is 35.1 Å². The summed E-state index contributed by atoms with van der Waals surface area (Å²) >= 11 is 0. The first-order chi connectivity index (χ1) is 14.6. The van der Waals surface area contributed by atoms with Gasteiger partial charge in [0.15, 0.2) is 5.65 Å². The number of carbonyl (C=O) groups excluding carboxylic acids is 1. The van der Waals surface area contributed by atoms with Crippen LogP contribution in [0.15, 0.2) is 36.8 Å². The maximum absolute atomic E-state index is 14.8. The predicted molar refractivity (Wildman–Crippen MR) is 99.7 cm³/mol. The molecule has 2 N–H and O–H groups in total. The van der Waals surface area contributed by atoms with Gasteiger partial charge >= 0.3 is 6.18 Å². The summed E-state index contributed by atoms with van der Waals surface area (Å²) in [7, 11) is 0. The molecule has 1 aliphatic heterocycles. The summed E-state index contributed by atoms with van der Waals surface area (Å²) in [5, 5.41) is 17.4. The van der Waals surface area contributed by atoms with Crippen molar-refractivity contribution in [2.45, 2.75) is 31.2 Å². The van der Waals surface area contributed by atoms with Gasteiger partial charge < -0.3 is 15.2 Å². The van der Waals surface area contributed by atoms with Crippen molar-refractivity contribution in [3.05, 3.63) is 64.9 Å². The van der Waals surface area contributed by atoms with Gasteiger partial charge in [0.25, 0.3) is 5.91 Å². The first-order valence-electron chi connectivity index (χ1n) is 9.37. The number of nitrogens with zero attached hydrogens (tertiary/aromatic N) is 3. The molecule has 2 atom stereocenters. The number of ether oxygens (including phenoxy) is 1. The van der Waals surface area contributed by atoms with Crippen molar-refractivity contribution >= 4 is 11.6 Å². The quantitative estimate of drug-likeness (QED) is 0.614. The Balaban J connectivity index is 1.76. The number of alkyl halides is 3. The van der Waals surface area contributed by atoms with Crippen molar-refractivity contribution in [2.75, 3.05) is 13.2 Å². The topological polar surface area (TPSA) is 88.8 Å². The molecule has 11 heteroatoms. The monoisotopic (exact) mass is 438 g/mol. The summed E-state index contributed by atoms with van der Waals surface area (Å²) in [6, 6.07) is 2.00. The number of aliphatic hydroxyl groups is 1. The van der Waals surface area contributed by atoms with Crippen molar-refractivity contribution in [3.63, 3.8) is 0 Å². The number of carbonyl (C=O) groups is 1. The minimum atomic E-state index is -4.73. The lowest BCUT2D eigenvalue weighted by atomic mass is 9.79. The van der Waals surface area contributed by atoms with E-state index in [-0.39, 0.29) is 36.4 Å². The second-order valence-electron chi connectivity index (χ2n) is 7.42. The minimum absolute atomic E-state index is 0.0477. The average Bonchev–Trinajstić information content (AvgIpc) is 3.12. The average molecular weight is 438 g/mol. The third kappa shape index (κ3) is 3.74. The molecule has 3 heterocycles. The summed E-state index contributed by atoms with van der Waals surface area (Å²) in [6.07, 6.45) is -1.69. The lowest BCUT2D eigenvalue weighted by Crippen LogP contribution is -2.58. The fraction of sp³-hybridized carbons (Fsp3) is 0.350. The smallest absolute Gasteiger partial charge is 0.388 e. The van der Waals surface area contributed by atoms with Crippen LogP contribution >= 0.6 is 0 Å². The number of amides is 1. The van der Waals surface area contributed by atoms with Gasteiger partial charge in [-0.05, 0) is 24.6 Å². The first-order valence-corrected chi connectivity index (χ1v) is 9.37. The van der Waals surface area contributed by atoms with Gasteiger partial charge in [-0.25, -0.2) is 13.9 Å². The molecule has 0 radical (unpaired) electrons. The SMILES string of the molecule is Cc1cnc2c(C(=O)N[C@]3(c4ccc(C(F)(F)F)cc4F)CCOCC3O)cnn2c1. The first kappa shape index (κ1) is 21.2. The number of rotatable bonds is 3. The molecule has 4 rings (SSSR count). The molecule has 31 heavy (non-hydrogen) atoms. The van der Waals surface area contributed by atoms with Gasteiger partial charge in [-0.1, -0.05) is 6.07 Å². The van der Waals surface area contributed by atoms with E-state index in [1.54, 1.807) is 19.3 Å². The van der Waals surface area contributed by atoms with Crippen molar-refractivity contribution in [1.82, 2.24) is 19.9 Å². The Morgan fingerprint density at radius 2 is 2.13 bits per heavy atom. The second-order valence-corrected chi connectivity index (χ2v) is 7.42. The summed E-state index contributed by atoms with van der Waals surface area (Å²) < 4.78 is 60.3. The highest BCUT2D eigenvalue weighted by Gasteiger charge is 2.46. The zero-order chi connectivity index (χ0) is 22.4. The molecule has 0 bridgehead atoms. The van der Waals surface area contributed by atoms with Crippen LogP contribution in [-0.2, 0) is 16.5 Å². The third-order valence-electron chi connectivity index (χ3n) is 5.33. The molecule has 1 amide bonds. The van der Waals surface area contributed by atoms with Gasteiger partial charge in [-0.2, -0.15) is 18.3 Å². The zero-order valence-electron chi connectivity index (χ0n) is 16.3. The molecule has 1 fully saturated rings. The van der Waals surface area contributed by atoms with E-state index in [0.717, 1.165) is 11.6 Å². The minimum Gasteiger partial charge on any atom is -0.388 e. The van der Waals surface area contributed by atoms with Gasteiger partial charge in [-0.15, -0.1) is 0 Å². The predicted octanol–water partition coefficient (Wildman–Crippen LogP) is 2.60. The number of nitrogens with one attached hydrogen (secondary N) is 1. The molecular weight excluding hydrogens is 420 g/mol. The number of aromatic nitrogens is 3. The standard InChI is InChI=1S/C20H18F4N4O3/c1-11-7-25-17-13(8-26-28(17)9-11)18(30)27-19(4-5-31-10-16(19)29)14-3-2-12(6-15(14)21)20(22,23)24/h2-3,6-9,16,29H,4-5,10H2,1H3,(H,27,30)/t16?,19-/m0/s1. The van der Waals surface area contributed by atoms with Crippen LogP contribution in [0.25, 0.3) is 5.65 Å². The van der Waals surface area contributed by atoms with Crippen molar-refractivity contribution in [1.29, 1.82) is 0 Å². The molecule has 3 aromatic rings. The maximum Gasteiger partial charge on any atom is 0.416 e. The van der Waals surface area contributed by atoms with E-state index in [9.17, 15) is 27.5 Å². The molecule has 0 aliphatic carbocycles. The number of fused-ring (bicyclic) bond motifs is 1. The Morgan fingerprint density at radius 3 is 2.81 bits per heavy atom. The van der Waals surface area contributed by atoms with E-state index in [0.29, 0.717) is 12.1 Å². The molecule has 1 aliphatic rings. The Bertz CT molecular complexity index is 1150. The van der Waals surface area contributed by atoms with Gasteiger partial charge in [0.05, 0.1) is 23.9 Å². The third-order valence-corrected chi connectivity index (χ3v) is 5.33. The Kier molecular flexibility index (Phi) is 5.18. The fourth-order valence-corrected chi connectivity index (χ4v) is 3.72. The largest absolute Gasteiger partial charge is 0.416 e. The Morgan fingerprint density at radius 1 is 1.35 bits per heavy atom. The highest BCUT2D eigenvalue weighted by atomic mass is 19.4. The number of halogens is 4. The number of benzene rings is 1. The normalized spacial score (nSPS) is 21.9. The highest BCUT2D eigenvalue weighted by molar-refractivity contribution is 6.00. The van der Waals surface area contributed by atoms with Crippen LogP contribution in [0.4, 0.5) is 17.6 Å². The van der Waals surface area contributed by atoms with Gasteiger partial charge in [0, 0.05) is 31.0 Å². The summed E-state index contributed by atoms with van der Waals surface area (Å²) in [5.74, 6) is -1.89. The van der Waals surface area contributed by atoms with Crippen LogP contribution in [0.1, 0.15) is 33.5 Å². The molecule has 0 saturated carbocycles. The molecule has 7 nitrogen and oxygen atoms in total. The number of aliphatic hydroxyl groups excluding tert-OH is 1. The Labute approximate surface area is 173 Å². The van der Waals surface area contributed by atoms with Gasteiger partial charge in [-0.3, -0.25) is 4.79 Å². The molecule has 1 aromatic carbocycles. The van der Waals surface area contributed by atoms with Gasteiger partial charge in [0.1, 0.15) is 17.5 Å². The number of hydrogen-bond donors (Lipinski definition) is 2. The Hall–Kier alpha value is -3.05. The van der Waals surface area contributed by atoms with Crippen LogP contribution in [0, 0.1) is 12.7 Å². The van der Waals surface area contributed by atoms with Crippen LogP contribution in [-0.4, -0.2) is 44.9 Å². The van der Waals surface area contributed by atoms with E-state index in [4.69, 9.17) is 4.74 Å². The van der Waals surface area contributed by atoms with Crippen molar-refractivity contribution in [2.24, 2.45) is 0 Å². The lowest BCUT2D eigenvalue weighted by Gasteiger charge is -2.42. The molecular formula is C20H18F4N4O3. The van der Waals surface area contributed by atoms with E-state index in [2.05, 4.69) is 15.4 Å². The van der Waals surface area contributed by atoms with Crippen molar-refractivity contribution < 1.29 is 32.2 Å². The molecule has 164 valence electrons.